The van der Waals surface area contributed by atoms with Gasteiger partial charge in [-0.2, -0.15) is 11.3 Å². The summed E-state index contributed by atoms with van der Waals surface area (Å²) < 4.78 is 11.1. The van der Waals surface area contributed by atoms with Crippen LogP contribution in [-0.2, 0) is 11.3 Å². The zero-order valence-corrected chi connectivity index (χ0v) is 15.4. The van der Waals surface area contributed by atoms with E-state index < -0.39 is 0 Å². The molecule has 0 aliphatic heterocycles. The first-order valence-electron chi connectivity index (χ1n) is 8.08. The molecule has 1 aromatic carbocycles. The van der Waals surface area contributed by atoms with Crippen molar-refractivity contribution in [3.05, 3.63) is 58.0 Å². The Balaban J connectivity index is 1.81. The largest absolute Gasteiger partial charge is 0.451 e. The highest BCUT2D eigenvalue weighted by Gasteiger charge is 2.22. The number of benzene rings is 1. The smallest absolute Gasteiger partial charge is 0.287 e. The van der Waals surface area contributed by atoms with Crippen LogP contribution in [0.15, 0.2) is 45.5 Å². The second-order valence-corrected chi connectivity index (χ2v) is 6.87. The number of para-hydroxylation sites is 1. The van der Waals surface area contributed by atoms with Gasteiger partial charge in [-0.15, -0.1) is 0 Å². The van der Waals surface area contributed by atoms with Crippen molar-refractivity contribution in [3.63, 3.8) is 0 Å². The number of furan rings is 1. The molecule has 25 heavy (non-hydrogen) atoms. The summed E-state index contributed by atoms with van der Waals surface area (Å²) in [7, 11) is 5.63. The lowest BCUT2D eigenvalue weighted by Gasteiger charge is -2.23. The maximum Gasteiger partial charge on any atom is 0.287 e. The molecule has 2 aromatic heterocycles. The number of methoxy groups -OCH3 is 1. The molecule has 0 spiro atoms. The van der Waals surface area contributed by atoms with Crippen LogP contribution in [0.1, 0.15) is 27.7 Å². The third-order valence-electron chi connectivity index (χ3n) is 4.20. The molecule has 1 N–H and O–H groups in total. The number of rotatable bonds is 7. The number of nitrogens with one attached hydrogen (secondary N) is 1. The van der Waals surface area contributed by atoms with Crippen molar-refractivity contribution in [2.24, 2.45) is 0 Å². The summed E-state index contributed by atoms with van der Waals surface area (Å²) in [5.74, 6) is 0.108. The van der Waals surface area contributed by atoms with Crippen LogP contribution >= 0.6 is 11.3 Å². The van der Waals surface area contributed by atoms with Crippen LogP contribution in [0.3, 0.4) is 0 Å². The highest BCUT2D eigenvalue weighted by Crippen LogP contribution is 2.27. The van der Waals surface area contributed by atoms with Gasteiger partial charge in [-0.05, 0) is 42.6 Å². The normalized spacial score (nSPS) is 12.6. The molecule has 3 rings (SSSR count). The zero-order valence-electron chi connectivity index (χ0n) is 14.6. The van der Waals surface area contributed by atoms with Gasteiger partial charge in [-0.1, -0.05) is 18.2 Å². The van der Waals surface area contributed by atoms with Crippen LogP contribution < -0.4 is 5.32 Å². The Kier molecular flexibility index (Phi) is 5.53. The van der Waals surface area contributed by atoms with Gasteiger partial charge in [0.25, 0.3) is 5.91 Å². The van der Waals surface area contributed by atoms with E-state index in [2.05, 4.69) is 21.7 Å². The third-order valence-corrected chi connectivity index (χ3v) is 4.90. The monoisotopic (exact) mass is 358 g/mol. The van der Waals surface area contributed by atoms with Gasteiger partial charge in [-0.25, -0.2) is 0 Å². The summed E-state index contributed by atoms with van der Waals surface area (Å²) in [4.78, 5) is 14.8. The Bertz CT molecular complexity index is 840. The fraction of sp³-hybridized carbons (Fsp3) is 0.316. The van der Waals surface area contributed by atoms with E-state index in [-0.39, 0.29) is 11.9 Å². The van der Waals surface area contributed by atoms with E-state index in [0.717, 1.165) is 10.9 Å². The van der Waals surface area contributed by atoms with Crippen LogP contribution in [0, 0.1) is 0 Å². The van der Waals surface area contributed by atoms with Crippen molar-refractivity contribution < 1.29 is 13.9 Å². The quantitative estimate of drug-likeness (QED) is 0.700. The molecule has 0 radical (unpaired) electrons. The van der Waals surface area contributed by atoms with Crippen LogP contribution in [0.4, 0.5) is 0 Å². The number of thiophene rings is 1. The van der Waals surface area contributed by atoms with Crippen molar-refractivity contribution in [1.29, 1.82) is 0 Å². The summed E-state index contributed by atoms with van der Waals surface area (Å²) in [6, 6.07) is 9.82. The minimum absolute atomic E-state index is 0.116. The van der Waals surface area contributed by atoms with Gasteiger partial charge in [0.05, 0.1) is 12.6 Å². The van der Waals surface area contributed by atoms with Crippen LogP contribution in [0.5, 0.6) is 0 Å². The number of carbonyl (C=O) groups is 1. The second-order valence-electron chi connectivity index (χ2n) is 6.09. The molecule has 0 fully saturated rings. The Labute approximate surface area is 151 Å². The molecular weight excluding hydrogens is 336 g/mol. The lowest BCUT2D eigenvalue weighted by Crippen LogP contribution is -2.34. The molecule has 0 unspecified atom stereocenters. The Hall–Kier alpha value is -2.15. The second kappa shape index (κ2) is 7.82. The van der Waals surface area contributed by atoms with Crippen LogP contribution in [0.2, 0.25) is 0 Å². The number of hydrogen-bond donors (Lipinski definition) is 1. The van der Waals surface area contributed by atoms with Gasteiger partial charge >= 0.3 is 0 Å². The topological polar surface area (TPSA) is 54.7 Å². The SMILES string of the molecule is COCc1c(C(=O)NC[C@H](c2ccsc2)N(C)C)oc2ccccc12. The van der Waals surface area contributed by atoms with Crippen LogP contribution in [-0.4, -0.2) is 38.6 Å². The molecular formula is C19H22N2O3S. The standard InChI is InChI=1S/C19H22N2O3S/c1-21(2)16(13-8-9-25-12-13)10-20-19(22)18-15(11-23-3)14-6-4-5-7-17(14)24-18/h4-9,12,16H,10-11H2,1-3H3,(H,20,22)/t16-/m1/s1. The number of likely N-dealkylation sites (N-methyl/N-ethyl adjacent to an activating group) is 1. The van der Waals surface area contributed by atoms with Crippen LogP contribution in [0.25, 0.3) is 11.0 Å². The van der Waals surface area contributed by atoms with Gasteiger partial charge < -0.3 is 19.4 Å². The number of hydrogen-bond acceptors (Lipinski definition) is 5. The van der Waals surface area contributed by atoms with Crippen molar-refractivity contribution in [2.75, 3.05) is 27.7 Å². The lowest BCUT2D eigenvalue weighted by atomic mass is 10.1. The highest BCUT2D eigenvalue weighted by atomic mass is 32.1. The number of carbonyl (C=O) groups excluding carboxylic acids is 1. The van der Waals surface area contributed by atoms with E-state index >= 15 is 0 Å². The Morgan fingerprint density at radius 3 is 2.80 bits per heavy atom. The first kappa shape index (κ1) is 17.7. The van der Waals surface area contributed by atoms with Gasteiger partial charge in [0.1, 0.15) is 5.58 Å². The fourth-order valence-corrected chi connectivity index (χ4v) is 3.61. The summed E-state index contributed by atoms with van der Waals surface area (Å²) >= 11 is 1.65. The molecule has 1 amide bonds. The average Bonchev–Trinajstić information content (AvgIpc) is 3.24. The number of nitrogens with zero attached hydrogens (tertiary/aromatic N) is 1. The molecule has 3 aromatic rings. The van der Waals surface area contributed by atoms with Crippen molar-refractivity contribution in [2.45, 2.75) is 12.6 Å². The molecule has 0 saturated heterocycles. The predicted octanol–water partition coefficient (Wildman–Crippen LogP) is 3.67. The van der Waals surface area contributed by atoms with Crippen molar-refractivity contribution >= 4 is 28.2 Å². The van der Waals surface area contributed by atoms with E-state index in [1.54, 1.807) is 18.4 Å². The molecule has 0 aliphatic carbocycles. The molecule has 0 bridgehead atoms. The Morgan fingerprint density at radius 1 is 1.32 bits per heavy atom. The van der Waals surface area contributed by atoms with E-state index in [4.69, 9.17) is 9.15 Å². The lowest BCUT2D eigenvalue weighted by molar-refractivity contribution is 0.0909. The molecule has 6 heteroatoms. The number of ether oxygens (including phenoxy) is 1. The molecule has 1 atom stereocenters. The molecule has 132 valence electrons. The van der Waals surface area contributed by atoms with Crippen molar-refractivity contribution in [1.82, 2.24) is 10.2 Å². The van der Waals surface area contributed by atoms with E-state index in [1.165, 1.54) is 5.56 Å². The molecule has 2 heterocycles. The number of amides is 1. The van der Waals surface area contributed by atoms with Gasteiger partial charge in [0.2, 0.25) is 0 Å². The van der Waals surface area contributed by atoms with E-state index in [1.807, 2.05) is 43.7 Å². The number of fused-ring (bicyclic) bond motifs is 1. The molecule has 0 aliphatic rings. The summed E-state index contributed by atoms with van der Waals surface area (Å²) in [6.45, 7) is 0.841. The summed E-state index contributed by atoms with van der Waals surface area (Å²) in [6.07, 6.45) is 0. The fourth-order valence-electron chi connectivity index (χ4n) is 2.90. The van der Waals surface area contributed by atoms with Crippen molar-refractivity contribution in [3.8, 4) is 0 Å². The zero-order chi connectivity index (χ0) is 17.8. The minimum Gasteiger partial charge on any atom is -0.451 e. The van der Waals surface area contributed by atoms with Gasteiger partial charge in [-0.3, -0.25) is 4.79 Å². The maximum absolute atomic E-state index is 12.7. The summed E-state index contributed by atoms with van der Waals surface area (Å²) in [5, 5.41) is 8.07. The minimum atomic E-state index is -0.217. The van der Waals surface area contributed by atoms with Gasteiger partial charge in [0, 0.05) is 24.6 Å². The predicted molar refractivity (Wildman–Crippen MR) is 100 cm³/mol. The first-order chi connectivity index (χ1) is 12.1. The first-order valence-corrected chi connectivity index (χ1v) is 9.02. The molecule has 5 nitrogen and oxygen atoms in total. The summed E-state index contributed by atoms with van der Waals surface area (Å²) in [5.41, 5.74) is 2.67. The molecule has 0 saturated carbocycles. The average molecular weight is 358 g/mol. The maximum atomic E-state index is 12.7. The highest BCUT2D eigenvalue weighted by molar-refractivity contribution is 7.07. The van der Waals surface area contributed by atoms with E-state index in [0.29, 0.717) is 24.5 Å². The van der Waals surface area contributed by atoms with Gasteiger partial charge in [0.15, 0.2) is 5.76 Å². The van der Waals surface area contributed by atoms with E-state index in [9.17, 15) is 4.79 Å². The third kappa shape index (κ3) is 3.76. The Morgan fingerprint density at radius 2 is 2.12 bits per heavy atom.